The zero-order chi connectivity index (χ0) is 15.4. The van der Waals surface area contributed by atoms with Crippen LogP contribution in [0.4, 0.5) is 0 Å². The summed E-state index contributed by atoms with van der Waals surface area (Å²) in [5.74, 6) is 0. The van der Waals surface area contributed by atoms with Gasteiger partial charge in [0.1, 0.15) is 0 Å². The number of rotatable bonds is 3. The van der Waals surface area contributed by atoms with Crippen LogP contribution in [0.5, 0.6) is 0 Å². The second-order valence-electron chi connectivity index (χ2n) is 5.00. The third-order valence-corrected chi connectivity index (χ3v) is 3.70. The van der Waals surface area contributed by atoms with Gasteiger partial charge in [0.25, 0.3) is 0 Å². The van der Waals surface area contributed by atoms with Gasteiger partial charge in [-0.05, 0) is 28.3 Å². The number of hydrogen-bond acceptors (Lipinski definition) is 1. The Balaban J connectivity index is 2.41. The molecule has 0 spiro atoms. The highest BCUT2D eigenvalue weighted by molar-refractivity contribution is 5.92. The molecule has 0 radical (unpaired) electrons. The van der Waals surface area contributed by atoms with Crippen LogP contribution < -0.4 is 0 Å². The van der Waals surface area contributed by atoms with Crippen molar-refractivity contribution in [3.05, 3.63) is 90.5 Å². The van der Waals surface area contributed by atoms with E-state index in [1.54, 1.807) is 0 Å². The predicted octanol–water partition coefficient (Wildman–Crippen LogP) is 5.54. The van der Waals surface area contributed by atoms with Crippen LogP contribution in [0.1, 0.15) is 11.1 Å². The summed E-state index contributed by atoms with van der Waals surface area (Å²) < 4.78 is 0. The van der Waals surface area contributed by atoms with Gasteiger partial charge in [0, 0.05) is 5.56 Å². The molecule has 1 heteroatoms. The minimum Gasteiger partial charge on any atom is -0.192 e. The van der Waals surface area contributed by atoms with Crippen LogP contribution in [0.2, 0.25) is 0 Å². The van der Waals surface area contributed by atoms with Gasteiger partial charge in [-0.25, -0.2) is 0 Å². The lowest BCUT2D eigenvalue weighted by molar-refractivity contribution is 1.47. The molecule has 0 aliphatic rings. The normalized spacial score (nSPS) is 9.95. The van der Waals surface area contributed by atoms with E-state index >= 15 is 0 Å². The molecule has 0 heterocycles. The zero-order valence-electron chi connectivity index (χ0n) is 12.2. The van der Waals surface area contributed by atoms with Crippen molar-refractivity contribution in [3.8, 4) is 28.3 Å². The van der Waals surface area contributed by atoms with E-state index in [-0.39, 0.29) is 0 Å². The third-order valence-electron chi connectivity index (χ3n) is 3.70. The molecule has 0 saturated heterocycles. The fourth-order valence-corrected chi connectivity index (χ4v) is 2.70. The molecular formula is C21H15N. The van der Waals surface area contributed by atoms with Gasteiger partial charge in [0.05, 0.1) is 11.6 Å². The first kappa shape index (κ1) is 13.9. The number of nitriles is 1. The number of hydrogen-bond donors (Lipinski definition) is 0. The molecule has 3 rings (SSSR count). The second-order valence-corrected chi connectivity index (χ2v) is 5.00. The van der Waals surface area contributed by atoms with Gasteiger partial charge < -0.3 is 0 Å². The van der Waals surface area contributed by atoms with Crippen molar-refractivity contribution in [2.75, 3.05) is 0 Å². The van der Waals surface area contributed by atoms with Crippen LogP contribution in [0.15, 0.2) is 79.4 Å². The standard InChI is InChI=1S/C21H15N/c1-2-16-13-14-19(15-22)21(18-11-7-4-8-12-18)20(16)17-9-5-3-6-10-17/h2-14H,1H2. The second kappa shape index (κ2) is 6.11. The number of benzene rings is 3. The lowest BCUT2D eigenvalue weighted by atomic mass is 9.87. The highest BCUT2D eigenvalue weighted by Gasteiger charge is 2.15. The van der Waals surface area contributed by atoms with E-state index < -0.39 is 0 Å². The Kier molecular flexibility index (Phi) is 3.85. The summed E-state index contributed by atoms with van der Waals surface area (Å²) in [4.78, 5) is 0. The van der Waals surface area contributed by atoms with E-state index in [0.717, 1.165) is 27.8 Å². The Morgan fingerprint density at radius 1 is 0.727 bits per heavy atom. The van der Waals surface area contributed by atoms with Crippen molar-refractivity contribution < 1.29 is 0 Å². The summed E-state index contributed by atoms with van der Waals surface area (Å²) in [7, 11) is 0. The highest BCUT2D eigenvalue weighted by Crippen LogP contribution is 2.37. The fraction of sp³-hybridized carbons (Fsp3) is 0. The summed E-state index contributed by atoms with van der Waals surface area (Å²) in [6, 6.07) is 26.3. The van der Waals surface area contributed by atoms with Crippen molar-refractivity contribution in [3.63, 3.8) is 0 Å². The first-order valence-corrected chi connectivity index (χ1v) is 7.15. The first-order valence-electron chi connectivity index (χ1n) is 7.15. The maximum atomic E-state index is 9.54. The van der Waals surface area contributed by atoms with Gasteiger partial charge in [-0.3, -0.25) is 0 Å². The highest BCUT2D eigenvalue weighted by atomic mass is 14.3. The minimum absolute atomic E-state index is 0.677. The monoisotopic (exact) mass is 281 g/mol. The van der Waals surface area contributed by atoms with Crippen LogP contribution >= 0.6 is 0 Å². The molecule has 0 aliphatic heterocycles. The quantitative estimate of drug-likeness (QED) is 0.618. The van der Waals surface area contributed by atoms with Gasteiger partial charge in [0.15, 0.2) is 0 Å². The summed E-state index contributed by atoms with van der Waals surface area (Å²) in [6.45, 7) is 3.92. The SMILES string of the molecule is C=Cc1ccc(C#N)c(-c2ccccc2)c1-c1ccccc1. The van der Waals surface area contributed by atoms with Crippen molar-refractivity contribution in [1.29, 1.82) is 5.26 Å². The molecule has 0 N–H and O–H groups in total. The molecule has 0 unspecified atom stereocenters. The zero-order valence-corrected chi connectivity index (χ0v) is 12.2. The molecule has 0 amide bonds. The van der Waals surface area contributed by atoms with E-state index in [1.165, 1.54) is 0 Å². The molecule has 0 aromatic heterocycles. The molecule has 0 aliphatic carbocycles. The Labute approximate surface area is 130 Å². The van der Waals surface area contributed by atoms with E-state index in [4.69, 9.17) is 0 Å². The minimum atomic E-state index is 0.677. The van der Waals surface area contributed by atoms with E-state index in [9.17, 15) is 5.26 Å². The van der Waals surface area contributed by atoms with Crippen LogP contribution in [-0.4, -0.2) is 0 Å². The smallest absolute Gasteiger partial charge is 0.0998 e. The summed E-state index contributed by atoms with van der Waals surface area (Å²) >= 11 is 0. The van der Waals surface area contributed by atoms with Crippen LogP contribution in [-0.2, 0) is 0 Å². The molecule has 22 heavy (non-hydrogen) atoms. The lowest BCUT2D eigenvalue weighted by Crippen LogP contribution is -1.93. The predicted molar refractivity (Wildman–Crippen MR) is 92.1 cm³/mol. The van der Waals surface area contributed by atoms with E-state index in [1.807, 2.05) is 66.7 Å². The van der Waals surface area contributed by atoms with Crippen LogP contribution in [0, 0.1) is 11.3 Å². The molecule has 104 valence electrons. The third kappa shape index (κ3) is 2.43. The van der Waals surface area contributed by atoms with Crippen LogP contribution in [0.3, 0.4) is 0 Å². The van der Waals surface area contributed by atoms with Gasteiger partial charge in [-0.1, -0.05) is 79.4 Å². The molecule has 1 nitrogen and oxygen atoms in total. The van der Waals surface area contributed by atoms with Gasteiger partial charge in [-0.15, -0.1) is 0 Å². The fourth-order valence-electron chi connectivity index (χ4n) is 2.70. The lowest BCUT2D eigenvalue weighted by Gasteiger charge is -2.15. The maximum Gasteiger partial charge on any atom is 0.0998 e. The molecular weight excluding hydrogens is 266 g/mol. The van der Waals surface area contributed by atoms with Gasteiger partial charge in [-0.2, -0.15) is 5.26 Å². The molecule has 0 saturated carbocycles. The first-order chi connectivity index (χ1) is 10.8. The molecule has 0 atom stereocenters. The van der Waals surface area contributed by atoms with Crippen molar-refractivity contribution in [2.24, 2.45) is 0 Å². The van der Waals surface area contributed by atoms with Crippen molar-refractivity contribution in [1.82, 2.24) is 0 Å². The maximum absolute atomic E-state index is 9.54. The summed E-state index contributed by atoms with van der Waals surface area (Å²) in [5.41, 5.74) is 5.86. The Morgan fingerprint density at radius 3 is 1.77 bits per heavy atom. The molecule has 0 fully saturated rings. The largest absolute Gasteiger partial charge is 0.192 e. The Morgan fingerprint density at radius 2 is 1.27 bits per heavy atom. The van der Waals surface area contributed by atoms with Crippen molar-refractivity contribution >= 4 is 6.08 Å². The van der Waals surface area contributed by atoms with E-state index in [2.05, 4.69) is 24.8 Å². The average molecular weight is 281 g/mol. The molecule has 0 bridgehead atoms. The van der Waals surface area contributed by atoms with Gasteiger partial charge >= 0.3 is 0 Å². The van der Waals surface area contributed by atoms with E-state index in [0.29, 0.717) is 5.56 Å². The summed E-state index contributed by atoms with van der Waals surface area (Å²) in [6.07, 6.45) is 1.84. The topological polar surface area (TPSA) is 23.8 Å². The number of nitrogens with zero attached hydrogens (tertiary/aromatic N) is 1. The van der Waals surface area contributed by atoms with Gasteiger partial charge in [0.2, 0.25) is 0 Å². The van der Waals surface area contributed by atoms with Crippen LogP contribution in [0.25, 0.3) is 28.3 Å². The van der Waals surface area contributed by atoms with Crippen molar-refractivity contribution in [2.45, 2.75) is 0 Å². The summed E-state index contributed by atoms with van der Waals surface area (Å²) in [5, 5.41) is 9.54. The molecule has 3 aromatic carbocycles. The Hall–Kier alpha value is -3.11. The average Bonchev–Trinajstić information content (AvgIpc) is 2.61. The Bertz CT molecular complexity index is 840. The molecule has 3 aromatic rings.